The monoisotopic (exact) mass is 205 g/mol. The highest BCUT2D eigenvalue weighted by atomic mass is 32.1. The van der Waals surface area contributed by atoms with Gasteiger partial charge in [0, 0.05) is 10.4 Å². The van der Waals surface area contributed by atoms with Crippen LogP contribution in [0.2, 0.25) is 0 Å². The number of benzene rings is 1. The van der Waals surface area contributed by atoms with Gasteiger partial charge in [-0.1, -0.05) is 6.92 Å². The smallest absolute Gasteiger partial charge is 0.160 e. The normalized spacial score (nSPS) is 10.6. The molecule has 0 atom stereocenters. The van der Waals surface area contributed by atoms with Crippen LogP contribution in [-0.4, -0.2) is 6.29 Å². The minimum atomic E-state index is 0.752. The minimum Gasteiger partial charge on any atom is -0.399 e. The molecular formula is C11H11NOS. The van der Waals surface area contributed by atoms with Gasteiger partial charge in [0.05, 0.1) is 4.88 Å². The lowest BCUT2D eigenvalue weighted by Crippen LogP contribution is -1.86. The third-order valence-electron chi connectivity index (χ3n) is 2.31. The van der Waals surface area contributed by atoms with Gasteiger partial charge in [-0.25, -0.2) is 0 Å². The van der Waals surface area contributed by atoms with Crippen LogP contribution in [0.1, 0.15) is 22.2 Å². The summed E-state index contributed by atoms with van der Waals surface area (Å²) in [5, 5.41) is 1.12. The van der Waals surface area contributed by atoms with Crippen molar-refractivity contribution in [2.24, 2.45) is 0 Å². The van der Waals surface area contributed by atoms with Gasteiger partial charge >= 0.3 is 0 Å². The summed E-state index contributed by atoms with van der Waals surface area (Å²) in [6, 6.07) is 5.78. The molecule has 2 nitrogen and oxygen atoms in total. The highest BCUT2D eigenvalue weighted by Gasteiger charge is 2.09. The average molecular weight is 205 g/mol. The number of carbonyl (C=O) groups is 1. The number of anilines is 1. The van der Waals surface area contributed by atoms with Crippen molar-refractivity contribution in [3.8, 4) is 0 Å². The number of carbonyl (C=O) groups excluding carboxylic acids is 1. The minimum absolute atomic E-state index is 0.752. The number of thiophene rings is 1. The molecule has 0 saturated heterocycles. The number of hydrogen-bond donors (Lipinski definition) is 1. The summed E-state index contributed by atoms with van der Waals surface area (Å²) in [6.45, 7) is 2.05. The predicted octanol–water partition coefficient (Wildman–Crippen LogP) is 2.86. The van der Waals surface area contributed by atoms with E-state index in [0.717, 1.165) is 38.9 Å². The van der Waals surface area contributed by atoms with E-state index in [-0.39, 0.29) is 0 Å². The fourth-order valence-electron chi connectivity index (χ4n) is 1.65. The summed E-state index contributed by atoms with van der Waals surface area (Å²) >= 11 is 1.53. The molecule has 0 unspecified atom stereocenters. The molecule has 2 N–H and O–H groups in total. The molecule has 1 heterocycles. The van der Waals surface area contributed by atoms with Crippen LogP contribution in [0, 0.1) is 0 Å². The first-order valence-electron chi connectivity index (χ1n) is 4.52. The molecule has 0 spiro atoms. The van der Waals surface area contributed by atoms with E-state index in [1.807, 2.05) is 18.2 Å². The first kappa shape index (κ1) is 9.21. The van der Waals surface area contributed by atoms with Crippen LogP contribution in [-0.2, 0) is 6.42 Å². The van der Waals surface area contributed by atoms with Crippen molar-refractivity contribution < 1.29 is 4.79 Å². The summed E-state index contributed by atoms with van der Waals surface area (Å²) in [7, 11) is 0. The van der Waals surface area contributed by atoms with E-state index in [2.05, 4.69) is 6.92 Å². The number of nitrogen functional groups attached to an aromatic ring is 1. The predicted molar refractivity (Wildman–Crippen MR) is 61.0 cm³/mol. The van der Waals surface area contributed by atoms with Crippen molar-refractivity contribution in [2.75, 3.05) is 5.73 Å². The van der Waals surface area contributed by atoms with Crippen molar-refractivity contribution in [1.29, 1.82) is 0 Å². The first-order chi connectivity index (χ1) is 6.76. The van der Waals surface area contributed by atoms with E-state index in [1.165, 1.54) is 11.3 Å². The van der Waals surface area contributed by atoms with Crippen LogP contribution in [0.4, 0.5) is 5.69 Å². The van der Waals surface area contributed by atoms with E-state index < -0.39 is 0 Å². The van der Waals surface area contributed by atoms with E-state index >= 15 is 0 Å². The summed E-state index contributed by atoms with van der Waals surface area (Å²) in [5.74, 6) is 0. The van der Waals surface area contributed by atoms with Crippen molar-refractivity contribution in [2.45, 2.75) is 13.3 Å². The van der Waals surface area contributed by atoms with Gasteiger partial charge in [0.15, 0.2) is 6.29 Å². The fraction of sp³-hybridized carbons (Fsp3) is 0.182. The molecule has 0 saturated carbocycles. The van der Waals surface area contributed by atoms with Crippen molar-refractivity contribution in [1.82, 2.24) is 0 Å². The Balaban J connectivity index is 2.81. The van der Waals surface area contributed by atoms with Crippen molar-refractivity contribution in [3.63, 3.8) is 0 Å². The third kappa shape index (κ3) is 1.30. The SMILES string of the molecule is CCc1c(C=O)sc2ccc(N)cc12. The second-order valence-electron chi connectivity index (χ2n) is 3.17. The van der Waals surface area contributed by atoms with E-state index in [0.29, 0.717) is 0 Å². The summed E-state index contributed by atoms with van der Waals surface area (Å²) in [5.41, 5.74) is 7.58. The second-order valence-corrected chi connectivity index (χ2v) is 4.26. The van der Waals surface area contributed by atoms with Crippen LogP contribution in [0.15, 0.2) is 18.2 Å². The number of fused-ring (bicyclic) bond motifs is 1. The second kappa shape index (κ2) is 3.42. The topological polar surface area (TPSA) is 43.1 Å². The van der Waals surface area contributed by atoms with Gasteiger partial charge in [-0.3, -0.25) is 4.79 Å². The summed E-state index contributed by atoms with van der Waals surface area (Å²) in [6.07, 6.45) is 1.80. The highest BCUT2D eigenvalue weighted by Crippen LogP contribution is 2.31. The van der Waals surface area contributed by atoms with E-state index in [4.69, 9.17) is 5.73 Å². The van der Waals surface area contributed by atoms with Gasteiger partial charge in [0.25, 0.3) is 0 Å². The molecule has 0 amide bonds. The molecule has 0 radical (unpaired) electrons. The summed E-state index contributed by atoms with van der Waals surface area (Å²) in [4.78, 5) is 11.6. The van der Waals surface area contributed by atoms with Crippen LogP contribution in [0.25, 0.3) is 10.1 Å². The first-order valence-corrected chi connectivity index (χ1v) is 5.34. The maximum absolute atomic E-state index is 10.8. The third-order valence-corrected chi connectivity index (χ3v) is 3.45. The summed E-state index contributed by atoms with van der Waals surface area (Å²) < 4.78 is 1.14. The molecule has 72 valence electrons. The molecule has 0 aliphatic rings. The van der Waals surface area contributed by atoms with Crippen LogP contribution in [0.5, 0.6) is 0 Å². The molecular weight excluding hydrogens is 194 g/mol. The molecule has 1 aromatic carbocycles. The van der Waals surface area contributed by atoms with E-state index in [9.17, 15) is 4.79 Å². The molecule has 3 heteroatoms. The molecule has 14 heavy (non-hydrogen) atoms. The van der Waals surface area contributed by atoms with Crippen LogP contribution < -0.4 is 5.73 Å². The number of nitrogens with two attached hydrogens (primary N) is 1. The van der Waals surface area contributed by atoms with Gasteiger partial charge in [0.1, 0.15) is 0 Å². The van der Waals surface area contributed by atoms with Crippen LogP contribution in [0.3, 0.4) is 0 Å². The van der Waals surface area contributed by atoms with Gasteiger partial charge < -0.3 is 5.73 Å². The number of aryl methyl sites for hydroxylation is 1. The Labute approximate surface area is 86.3 Å². The molecule has 2 aromatic rings. The molecule has 0 bridgehead atoms. The van der Waals surface area contributed by atoms with Gasteiger partial charge in [-0.05, 0) is 35.6 Å². The van der Waals surface area contributed by atoms with Gasteiger partial charge in [-0.2, -0.15) is 0 Å². The lowest BCUT2D eigenvalue weighted by atomic mass is 10.1. The largest absolute Gasteiger partial charge is 0.399 e. The van der Waals surface area contributed by atoms with Crippen molar-refractivity contribution >= 4 is 33.4 Å². The fourth-order valence-corrected chi connectivity index (χ4v) is 2.74. The Morgan fingerprint density at radius 2 is 2.29 bits per heavy atom. The lowest BCUT2D eigenvalue weighted by Gasteiger charge is -1.96. The number of rotatable bonds is 2. The van der Waals surface area contributed by atoms with Crippen molar-refractivity contribution in [3.05, 3.63) is 28.6 Å². The van der Waals surface area contributed by atoms with Gasteiger partial charge in [0.2, 0.25) is 0 Å². The zero-order valence-electron chi connectivity index (χ0n) is 7.91. The standard InChI is InChI=1S/C11H11NOS/c1-2-8-9-5-7(12)3-4-10(9)14-11(8)6-13/h3-6H,2,12H2,1H3. The Kier molecular flexibility index (Phi) is 2.25. The Morgan fingerprint density at radius 3 is 2.93 bits per heavy atom. The zero-order valence-corrected chi connectivity index (χ0v) is 8.73. The highest BCUT2D eigenvalue weighted by molar-refractivity contribution is 7.20. The van der Waals surface area contributed by atoms with E-state index in [1.54, 1.807) is 0 Å². The maximum atomic E-state index is 10.8. The number of hydrogen-bond acceptors (Lipinski definition) is 3. The molecule has 2 rings (SSSR count). The quantitative estimate of drug-likeness (QED) is 0.605. The number of aldehydes is 1. The zero-order chi connectivity index (χ0) is 10.1. The average Bonchev–Trinajstić information content (AvgIpc) is 2.54. The Bertz CT molecular complexity index is 487. The molecule has 0 fully saturated rings. The maximum Gasteiger partial charge on any atom is 0.160 e. The Morgan fingerprint density at radius 1 is 1.50 bits per heavy atom. The molecule has 1 aromatic heterocycles. The Hall–Kier alpha value is -1.35. The lowest BCUT2D eigenvalue weighted by molar-refractivity contribution is 0.112. The molecule has 0 aliphatic heterocycles. The van der Waals surface area contributed by atoms with Gasteiger partial charge in [-0.15, -0.1) is 11.3 Å². The van der Waals surface area contributed by atoms with Crippen LogP contribution >= 0.6 is 11.3 Å². The molecule has 0 aliphatic carbocycles.